The Hall–Kier alpha value is -0.690. The molecule has 1 atom stereocenters. The quantitative estimate of drug-likeness (QED) is 0.542. The zero-order valence-corrected chi connectivity index (χ0v) is 11.6. The topological polar surface area (TPSA) is 0 Å². The lowest BCUT2D eigenvalue weighted by molar-refractivity contribution is 0.465. The van der Waals surface area contributed by atoms with E-state index in [2.05, 4.69) is 46.1 Å². The van der Waals surface area contributed by atoms with E-state index in [-0.39, 0.29) is 0 Å². The summed E-state index contributed by atoms with van der Waals surface area (Å²) < 4.78 is 0. The first-order valence-corrected chi connectivity index (χ1v) is 6.95. The third-order valence-corrected chi connectivity index (χ3v) is 3.86. The predicted octanol–water partition coefficient (Wildman–Crippen LogP) is 4.87. The molecule has 0 saturated carbocycles. The lowest BCUT2D eigenvalue weighted by Crippen LogP contribution is -2.07. The van der Waals surface area contributed by atoms with Gasteiger partial charge in [-0.15, -0.1) is 0 Å². The van der Waals surface area contributed by atoms with Gasteiger partial charge in [0.1, 0.15) is 0 Å². The van der Waals surface area contributed by atoms with E-state index in [1.54, 1.807) is 6.08 Å². The van der Waals surface area contributed by atoms with Gasteiger partial charge in [-0.1, -0.05) is 64.3 Å². The van der Waals surface area contributed by atoms with Crippen molar-refractivity contribution in [2.24, 2.45) is 11.8 Å². The lowest BCUT2D eigenvalue weighted by Gasteiger charge is -2.14. The van der Waals surface area contributed by atoms with E-state index in [1.807, 2.05) is 23.9 Å². The molecule has 16 heavy (non-hydrogen) atoms. The Morgan fingerprint density at radius 1 is 1.19 bits per heavy atom. The van der Waals surface area contributed by atoms with Crippen molar-refractivity contribution < 1.29 is 0 Å². The van der Waals surface area contributed by atoms with Crippen LogP contribution in [-0.2, 0) is 0 Å². The molecule has 0 amide bonds. The fraction of sp³-hybridized carbons (Fsp3) is 0.467. The van der Waals surface area contributed by atoms with Gasteiger partial charge in [0, 0.05) is 5.75 Å². The molecule has 0 bridgehead atoms. The normalized spacial score (nSPS) is 14.4. The average molecular weight is 236 g/mol. The fourth-order valence-electron chi connectivity index (χ4n) is 1.05. The summed E-state index contributed by atoms with van der Waals surface area (Å²) in [4.78, 5) is 0. The first kappa shape index (κ1) is 15.3. The molecule has 0 aliphatic heterocycles. The maximum Gasteiger partial charge on any atom is 0.0184 e. The van der Waals surface area contributed by atoms with Gasteiger partial charge in [-0.3, -0.25) is 0 Å². The summed E-state index contributed by atoms with van der Waals surface area (Å²) >= 11 is 1.99. The average Bonchev–Trinajstić information content (AvgIpc) is 2.25. The fourth-order valence-corrected chi connectivity index (χ4v) is 2.35. The first-order valence-electron chi connectivity index (χ1n) is 5.80. The molecule has 0 saturated heterocycles. The highest BCUT2D eigenvalue weighted by atomic mass is 32.2. The Morgan fingerprint density at radius 3 is 2.38 bits per heavy atom. The van der Waals surface area contributed by atoms with Gasteiger partial charge in [0.25, 0.3) is 0 Å². The molecular formula is C15H24S. The van der Waals surface area contributed by atoms with Crippen LogP contribution in [0.5, 0.6) is 0 Å². The van der Waals surface area contributed by atoms with Gasteiger partial charge in [0.15, 0.2) is 0 Å². The first-order chi connectivity index (χ1) is 7.61. The Bertz CT molecular complexity index is 259. The van der Waals surface area contributed by atoms with E-state index in [4.69, 9.17) is 0 Å². The molecule has 0 fully saturated rings. The van der Waals surface area contributed by atoms with Crippen molar-refractivity contribution in [1.82, 2.24) is 0 Å². The molecule has 0 aliphatic carbocycles. The van der Waals surface area contributed by atoms with Crippen LogP contribution in [0.3, 0.4) is 0 Å². The Balaban J connectivity index is 4.04. The van der Waals surface area contributed by atoms with Crippen molar-refractivity contribution in [3.05, 3.63) is 49.1 Å². The van der Waals surface area contributed by atoms with Crippen LogP contribution in [0.1, 0.15) is 20.8 Å². The van der Waals surface area contributed by atoms with Crippen LogP contribution in [0.4, 0.5) is 0 Å². The van der Waals surface area contributed by atoms with Crippen LogP contribution < -0.4 is 0 Å². The summed E-state index contributed by atoms with van der Waals surface area (Å²) in [6.45, 7) is 14.3. The van der Waals surface area contributed by atoms with Crippen LogP contribution >= 0.6 is 11.8 Å². The van der Waals surface area contributed by atoms with E-state index >= 15 is 0 Å². The minimum atomic E-state index is 0.767. The second-order valence-electron chi connectivity index (χ2n) is 4.31. The number of allylic oxidation sites excluding steroid dienone is 5. The van der Waals surface area contributed by atoms with Crippen LogP contribution in [0.2, 0.25) is 0 Å². The molecule has 1 heteroatoms. The molecular weight excluding hydrogens is 212 g/mol. The van der Waals surface area contributed by atoms with E-state index in [0.29, 0.717) is 0 Å². The summed E-state index contributed by atoms with van der Waals surface area (Å²) in [6, 6.07) is 0. The highest BCUT2D eigenvalue weighted by Crippen LogP contribution is 2.18. The highest BCUT2D eigenvalue weighted by Gasteiger charge is 2.06. The van der Waals surface area contributed by atoms with Gasteiger partial charge >= 0.3 is 0 Å². The smallest absolute Gasteiger partial charge is 0.0184 e. The summed E-state index contributed by atoms with van der Waals surface area (Å²) in [6.07, 6.45) is 9.78. The van der Waals surface area contributed by atoms with E-state index < -0.39 is 0 Å². The van der Waals surface area contributed by atoms with Crippen molar-refractivity contribution in [3.8, 4) is 0 Å². The SMILES string of the molecule is C=C/C=C\C(=C/C=C)CSCC(C)C(C)C. The third kappa shape index (κ3) is 7.58. The van der Waals surface area contributed by atoms with Gasteiger partial charge < -0.3 is 0 Å². The summed E-state index contributed by atoms with van der Waals surface area (Å²) in [7, 11) is 0. The second-order valence-corrected chi connectivity index (χ2v) is 5.34. The van der Waals surface area contributed by atoms with Crippen LogP contribution in [0.25, 0.3) is 0 Å². The zero-order valence-electron chi connectivity index (χ0n) is 10.8. The Morgan fingerprint density at radius 2 is 1.88 bits per heavy atom. The van der Waals surface area contributed by atoms with Crippen molar-refractivity contribution in [1.29, 1.82) is 0 Å². The molecule has 0 aromatic rings. The molecule has 0 radical (unpaired) electrons. The third-order valence-electron chi connectivity index (χ3n) is 2.57. The van der Waals surface area contributed by atoms with Crippen molar-refractivity contribution in [2.75, 3.05) is 11.5 Å². The van der Waals surface area contributed by atoms with E-state index in [0.717, 1.165) is 17.6 Å². The Labute approximate surface area is 105 Å². The lowest BCUT2D eigenvalue weighted by atomic mass is 10.0. The van der Waals surface area contributed by atoms with Crippen molar-refractivity contribution >= 4 is 11.8 Å². The van der Waals surface area contributed by atoms with Crippen LogP contribution in [0.15, 0.2) is 49.1 Å². The molecule has 90 valence electrons. The van der Waals surface area contributed by atoms with Gasteiger partial charge in [-0.25, -0.2) is 0 Å². The molecule has 0 spiro atoms. The van der Waals surface area contributed by atoms with Gasteiger partial charge in [-0.05, 0) is 23.2 Å². The standard InChI is InChI=1S/C15H24S/c1-6-8-10-15(9-7-2)12-16-11-14(5)13(3)4/h6-10,13-14H,1-2,11-12H2,3-5H3/b10-8-,15-9+. The van der Waals surface area contributed by atoms with E-state index in [9.17, 15) is 0 Å². The molecule has 0 heterocycles. The number of rotatable bonds is 8. The molecule has 0 aliphatic rings. The maximum atomic E-state index is 3.73. The summed E-state index contributed by atoms with van der Waals surface area (Å²) in [5.41, 5.74) is 1.30. The highest BCUT2D eigenvalue weighted by molar-refractivity contribution is 7.99. The largest absolute Gasteiger partial charge is 0.157 e. The number of hydrogen-bond donors (Lipinski definition) is 0. The number of thioether (sulfide) groups is 1. The van der Waals surface area contributed by atoms with Crippen molar-refractivity contribution in [2.45, 2.75) is 20.8 Å². The summed E-state index contributed by atoms with van der Waals surface area (Å²) in [5, 5.41) is 0. The maximum absolute atomic E-state index is 3.73. The Kier molecular flexibility index (Phi) is 9.12. The van der Waals surface area contributed by atoms with Crippen LogP contribution in [-0.4, -0.2) is 11.5 Å². The van der Waals surface area contributed by atoms with Gasteiger partial charge in [0.2, 0.25) is 0 Å². The molecule has 0 nitrogen and oxygen atoms in total. The molecule has 0 aromatic carbocycles. The van der Waals surface area contributed by atoms with Crippen molar-refractivity contribution in [3.63, 3.8) is 0 Å². The monoisotopic (exact) mass is 236 g/mol. The van der Waals surface area contributed by atoms with E-state index in [1.165, 1.54) is 11.3 Å². The predicted molar refractivity (Wildman–Crippen MR) is 78.9 cm³/mol. The molecule has 0 rings (SSSR count). The van der Waals surface area contributed by atoms with Crippen LogP contribution in [0, 0.1) is 11.8 Å². The molecule has 1 unspecified atom stereocenters. The van der Waals surface area contributed by atoms with Gasteiger partial charge in [-0.2, -0.15) is 11.8 Å². The molecule has 0 aromatic heterocycles. The number of hydrogen-bond acceptors (Lipinski definition) is 1. The summed E-state index contributed by atoms with van der Waals surface area (Å²) in [5.74, 6) is 3.81. The minimum Gasteiger partial charge on any atom is -0.157 e. The zero-order chi connectivity index (χ0) is 12.4. The second kappa shape index (κ2) is 9.53. The molecule has 0 N–H and O–H groups in total. The van der Waals surface area contributed by atoms with Gasteiger partial charge in [0.05, 0.1) is 0 Å². The minimum absolute atomic E-state index is 0.767.